The van der Waals surface area contributed by atoms with Crippen LogP contribution in [-0.2, 0) is 23.9 Å². The van der Waals surface area contributed by atoms with E-state index < -0.39 is 11.7 Å². The second-order valence-corrected chi connectivity index (χ2v) is 7.11. The van der Waals surface area contributed by atoms with Crippen molar-refractivity contribution in [3.05, 3.63) is 65.5 Å². The topological polar surface area (TPSA) is 83.0 Å². The normalized spacial score (nSPS) is 13.5. The number of hydrogen-bond donors (Lipinski definition) is 2. The number of amides is 1. The third-order valence-electron chi connectivity index (χ3n) is 4.85. The van der Waals surface area contributed by atoms with Crippen LogP contribution in [0.4, 0.5) is 36.4 Å². The molecule has 0 atom stereocenters. The molecule has 7 nitrogen and oxygen atoms in total. The van der Waals surface area contributed by atoms with Crippen LogP contribution in [0.1, 0.15) is 23.6 Å². The maximum absolute atomic E-state index is 13.3. The number of halogens is 3. The van der Waals surface area contributed by atoms with Crippen molar-refractivity contribution in [2.24, 2.45) is 0 Å². The van der Waals surface area contributed by atoms with E-state index in [1.165, 1.54) is 19.3 Å². The average molecular weight is 428 g/mol. The monoisotopic (exact) mass is 428 g/mol. The van der Waals surface area contributed by atoms with E-state index in [1.807, 2.05) is 4.90 Å². The lowest BCUT2D eigenvalue weighted by atomic mass is 9.94. The van der Waals surface area contributed by atoms with Crippen LogP contribution >= 0.6 is 0 Å². The van der Waals surface area contributed by atoms with Gasteiger partial charge in [-0.25, -0.2) is 9.97 Å². The molecule has 1 aromatic heterocycles. The smallest absolute Gasteiger partial charge is 0.336 e. The first-order valence-corrected chi connectivity index (χ1v) is 9.56. The number of nitrogens with zero attached hydrogens (tertiary/aromatic N) is 4. The molecule has 0 unspecified atom stereocenters. The van der Waals surface area contributed by atoms with E-state index in [-0.39, 0.29) is 18.9 Å². The second kappa shape index (κ2) is 8.21. The second-order valence-electron chi connectivity index (χ2n) is 7.11. The van der Waals surface area contributed by atoms with Crippen LogP contribution in [0, 0.1) is 0 Å². The Morgan fingerprint density at radius 2 is 1.87 bits per heavy atom. The molecular weight excluding hydrogens is 409 g/mol. The van der Waals surface area contributed by atoms with Crippen molar-refractivity contribution in [2.75, 3.05) is 22.1 Å². The van der Waals surface area contributed by atoms with E-state index in [9.17, 15) is 18.0 Å². The van der Waals surface area contributed by atoms with Gasteiger partial charge in [0.15, 0.2) is 0 Å². The first-order chi connectivity index (χ1) is 14.8. The van der Waals surface area contributed by atoms with Crippen LogP contribution in [0.5, 0.6) is 0 Å². The third kappa shape index (κ3) is 4.73. The predicted octanol–water partition coefficient (Wildman–Crippen LogP) is 4.16. The molecule has 0 fully saturated rings. The first kappa shape index (κ1) is 20.6. The van der Waals surface area contributed by atoms with Crippen molar-refractivity contribution in [3.63, 3.8) is 0 Å². The summed E-state index contributed by atoms with van der Waals surface area (Å²) in [5.41, 5.74) is 1.65. The van der Waals surface area contributed by atoms with E-state index in [4.69, 9.17) is 0 Å². The number of nitrogens with one attached hydrogen (secondary N) is 2. The standard InChI is InChI=1S/C21H19F3N6O/c1-13(31)27-15-5-3-6-16(10-15)28-19-25-12-26-20(29-19)30-9-8-17-14(11-30)4-2-7-18(17)21(22,23)24/h2-7,10,12H,8-9,11H2,1H3,(H,27,31)(H,25,26,28,29). The van der Waals surface area contributed by atoms with Gasteiger partial charge >= 0.3 is 6.18 Å². The number of hydrogen-bond acceptors (Lipinski definition) is 6. The molecule has 1 aliphatic rings. The Morgan fingerprint density at radius 1 is 1.10 bits per heavy atom. The highest BCUT2D eigenvalue weighted by Gasteiger charge is 2.35. The molecule has 2 aromatic carbocycles. The largest absolute Gasteiger partial charge is 0.416 e. The molecule has 0 aliphatic carbocycles. The molecule has 31 heavy (non-hydrogen) atoms. The Bertz CT molecular complexity index is 1120. The minimum absolute atomic E-state index is 0.182. The number of rotatable bonds is 4. The first-order valence-electron chi connectivity index (χ1n) is 9.56. The van der Waals surface area contributed by atoms with E-state index in [1.54, 1.807) is 30.3 Å². The van der Waals surface area contributed by atoms with Crippen molar-refractivity contribution in [1.29, 1.82) is 0 Å². The summed E-state index contributed by atoms with van der Waals surface area (Å²) in [6, 6.07) is 11.3. The fourth-order valence-electron chi connectivity index (χ4n) is 3.55. The van der Waals surface area contributed by atoms with Gasteiger partial charge in [-0.05, 0) is 41.8 Å². The van der Waals surface area contributed by atoms with Crippen LogP contribution in [0.3, 0.4) is 0 Å². The van der Waals surface area contributed by atoms with E-state index in [0.717, 1.165) is 6.07 Å². The molecule has 3 aromatic rings. The number of alkyl halides is 3. The maximum Gasteiger partial charge on any atom is 0.416 e. The minimum atomic E-state index is -4.37. The number of benzene rings is 2. The highest BCUT2D eigenvalue weighted by molar-refractivity contribution is 5.89. The van der Waals surface area contributed by atoms with Gasteiger partial charge in [0.25, 0.3) is 0 Å². The summed E-state index contributed by atoms with van der Waals surface area (Å²) < 4.78 is 39.8. The molecule has 0 saturated heterocycles. The van der Waals surface area contributed by atoms with Crippen LogP contribution in [0.2, 0.25) is 0 Å². The molecule has 1 aliphatic heterocycles. The third-order valence-corrected chi connectivity index (χ3v) is 4.85. The minimum Gasteiger partial charge on any atom is -0.336 e. The van der Waals surface area contributed by atoms with Crippen LogP contribution in [0.25, 0.3) is 0 Å². The summed E-state index contributed by atoms with van der Waals surface area (Å²) in [5.74, 6) is 0.483. The number of anilines is 4. The van der Waals surface area contributed by atoms with Crippen molar-refractivity contribution < 1.29 is 18.0 Å². The van der Waals surface area contributed by atoms with Crippen LogP contribution in [0.15, 0.2) is 48.8 Å². The molecule has 4 rings (SSSR count). The lowest BCUT2D eigenvalue weighted by molar-refractivity contribution is -0.138. The molecule has 0 spiro atoms. The number of carbonyl (C=O) groups excluding carboxylic acids is 1. The Morgan fingerprint density at radius 3 is 2.65 bits per heavy atom. The van der Waals surface area contributed by atoms with Gasteiger partial charge in [-0.15, -0.1) is 0 Å². The fraction of sp³-hybridized carbons (Fsp3) is 0.238. The van der Waals surface area contributed by atoms with Gasteiger partial charge in [-0.2, -0.15) is 18.2 Å². The average Bonchev–Trinajstić information content (AvgIpc) is 2.72. The van der Waals surface area contributed by atoms with Crippen molar-refractivity contribution in [1.82, 2.24) is 15.0 Å². The summed E-state index contributed by atoms with van der Waals surface area (Å²) in [5, 5.41) is 5.75. The van der Waals surface area contributed by atoms with Crippen molar-refractivity contribution in [2.45, 2.75) is 26.1 Å². The highest BCUT2D eigenvalue weighted by Crippen LogP contribution is 2.36. The summed E-state index contributed by atoms with van der Waals surface area (Å²) in [6.45, 7) is 2.06. The van der Waals surface area contributed by atoms with Crippen molar-refractivity contribution in [3.8, 4) is 0 Å². The van der Waals surface area contributed by atoms with Gasteiger partial charge in [0.05, 0.1) is 5.56 Å². The van der Waals surface area contributed by atoms with E-state index >= 15 is 0 Å². The maximum atomic E-state index is 13.3. The predicted molar refractivity (Wildman–Crippen MR) is 110 cm³/mol. The van der Waals surface area contributed by atoms with Crippen molar-refractivity contribution >= 4 is 29.2 Å². The molecule has 0 saturated carbocycles. The molecule has 10 heteroatoms. The van der Waals surface area contributed by atoms with Crippen LogP contribution < -0.4 is 15.5 Å². The Hall–Kier alpha value is -3.69. The molecule has 160 valence electrons. The van der Waals surface area contributed by atoms with E-state index in [2.05, 4.69) is 25.6 Å². The van der Waals surface area contributed by atoms with Gasteiger partial charge in [-0.1, -0.05) is 18.2 Å². The number of aromatic nitrogens is 3. The summed E-state index contributed by atoms with van der Waals surface area (Å²) >= 11 is 0. The molecule has 0 bridgehead atoms. The molecule has 1 amide bonds. The van der Waals surface area contributed by atoms with Gasteiger partial charge < -0.3 is 15.5 Å². The molecule has 2 N–H and O–H groups in total. The lowest BCUT2D eigenvalue weighted by Gasteiger charge is -2.30. The number of fused-ring (bicyclic) bond motifs is 1. The number of carbonyl (C=O) groups is 1. The van der Waals surface area contributed by atoms with Gasteiger partial charge in [0, 0.05) is 31.4 Å². The zero-order chi connectivity index (χ0) is 22.0. The summed E-state index contributed by atoms with van der Waals surface area (Å²) in [6.07, 6.45) is -2.77. The molecular formula is C21H19F3N6O. The highest BCUT2D eigenvalue weighted by atomic mass is 19.4. The quantitative estimate of drug-likeness (QED) is 0.650. The zero-order valence-electron chi connectivity index (χ0n) is 16.6. The van der Waals surface area contributed by atoms with Gasteiger partial charge in [-0.3, -0.25) is 4.79 Å². The lowest BCUT2D eigenvalue weighted by Crippen LogP contribution is -2.33. The summed E-state index contributed by atoms with van der Waals surface area (Å²) in [4.78, 5) is 25.8. The Labute approximate surface area is 176 Å². The SMILES string of the molecule is CC(=O)Nc1cccc(Nc2ncnc(N3CCc4c(cccc4C(F)(F)F)C3)n2)c1. The Balaban J connectivity index is 1.53. The molecule has 0 radical (unpaired) electrons. The van der Waals surface area contributed by atoms with Gasteiger partial charge in [0.1, 0.15) is 6.33 Å². The van der Waals surface area contributed by atoms with Crippen LogP contribution in [-0.4, -0.2) is 27.4 Å². The molecule has 2 heterocycles. The fourth-order valence-corrected chi connectivity index (χ4v) is 3.55. The van der Waals surface area contributed by atoms with Gasteiger partial charge in [0.2, 0.25) is 17.8 Å². The summed E-state index contributed by atoms with van der Waals surface area (Å²) in [7, 11) is 0. The Kier molecular flexibility index (Phi) is 5.45. The van der Waals surface area contributed by atoms with E-state index in [0.29, 0.717) is 40.9 Å². The zero-order valence-corrected chi connectivity index (χ0v) is 16.6.